The maximum atomic E-state index is 13.0. The van der Waals surface area contributed by atoms with Gasteiger partial charge >= 0.3 is 0 Å². The molecule has 15 heteroatoms. The normalized spacial score (nSPS) is 12.9. The summed E-state index contributed by atoms with van der Waals surface area (Å²) in [6, 6.07) is 25.6. The smallest absolute Gasteiger partial charge is 0.269 e. The maximum Gasteiger partial charge on any atom is 0.269 e. The highest BCUT2D eigenvalue weighted by Crippen LogP contribution is 2.30. The van der Waals surface area contributed by atoms with Crippen molar-refractivity contribution in [3.63, 3.8) is 0 Å². The van der Waals surface area contributed by atoms with Gasteiger partial charge in [-0.1, -0.05) is 48.6 Å². The summed E-state index contributed by atoms with van der Waals surface area (Å²) in [7, 11) is 0. The molecule has 4 aromatic carbocycles. The highest BCUT2D eigenvalue weighted by molar-refractivity contribution is 6.21. The van der Waals surface area contributed by atoms with Crippen LogP contribution >= 0.6 is 0 Å². The average Bonchev–Trinajstić information content (AvgIpc) is 3.51. The van der Waals surface area contributed by atoms with Crippen molar-refractivity contribution in [1.29, 1.82) is 0 Å². The lowest BCUT2D eigenvalue weighted by Crippen LogP contribution is -2.38. The number of nitrogens with one attached hydrogen (secondary N) is 1. The van der Waals surface area contributed by atoms with Gasteiger partial charge in [0.15, 0.2) is 0 Å². The summed E-state index contributed by atoms with van der Waals surface area (Å²) in [6.45, 7) is 5.81. The van der Waals surface area contributed by atoms with Gasteiger partial charge in [-0.15, -0.1) is 0 Å². The SMILES string of the molecule is C/C(=C/C=C/c1ccc([N+](=O)[O-])cc1)c1ccccc1N(C=O)Cc1ccc(OCCOCCOCCOc2ccc3c(c2)C(=O)N(C(C)CCC(=O)NC=O)C3=O)cc1. The fourth-order valence-corrected chi connectivity index (χ4v) is 6.32. The minimum absolute atomic E-state index is 0.00414. The summed E-state index contributed by atoms with van der Waals surface area (Å²) in [5.74, 6) is -0.313. The van der Waals surface area contributed by atoms with Crippen molar-refractivity contribution < 1.29 is 47.8 Å². The minimum atomic E-state index is -0.536. The molecule has 4 aromatic rings. The van der Waals surface area contributed by atoms with Gasteiger partial charge in [-0.25, -0.2) is 0 Å². The van der Waals surface area contributed by atoms with Gasteiger partial charge in [0.1, 0.15) is 24.7 Å². The molecule has 1 unspecified atom stereocenters. The van der Waals surface area contributed by atoms with E-state index >= 15 is 0 Å². The number of allylic oxidation sites excluding steroid dienone is 3. The van der Waals surface area contributed by atoms with Gasteiger partial charge in [-0.2, -0.15) is 0 Å². The Kier molecular flexibility index (Phi) is 16.4. The lowest BCUT2D eigenvalue weighted by Gasteiger charge is -2.22. The van der Waals surface area contributed by atoms with E-state index in [1.54, 1.807) is 36.1 Å². The van der Waals surface area contributed by atoms with Crippen LogP contribution in [0.1, 0.15) is 64.1 Å². The van der Waals surface area contributed by atoms with Gasteiger partial charge in [-0.3, -0.25) is 44.3 Å². The number of amides is 5. The van der Waals surface area contributed by atoms with E-state index in [0.29, 0.717) is 50.9 Å². The van der Waals surface area contributed by atoms with E-state index in [0.717, 1.165) is 39.3 Å². The van der Waals surface area contributed by atoms with Gasteiger partial charge < -0.3 is 23.8 Å². The molecule has 0 aliphatic carbocycles. The number of non-ortho nitro benzene ring substituents is 1. The summed E-state index contributed by atoms with van der Waals surface area (Å²) in [6.07, 6.45) is 6.97. The number of nitro groups is 1. The molecule has 5 rings (SSSR count). The van der Waals surface area contributed by atoms with Crippen LogP contribution in [0.2, 0.25) is 0 Å². The first kappa shape index (κ1) is 44.1. The number of hydrogen-bond acceptors (Lipinski definition) is 11. The third kappa shape index (κ3) is 12.3. The van der Waals surface area contributed by atoms with Gasteiger partial charge in [-0.05, 0) is 85.5 Å². The molecule has 0 saturated carbocycles. The molecule has 1 N–H and O–H groups in total. The second-order valence-electron chi connectivity index (χ2n) is 13.6. The third-order valence-electron chi connectivity index (χ3n) is 9.48. The van der Waals surface area contributed by atoms with Crippen LogP contribution in [0.3, 0.4) is 0 Å². The monoisotopic (exact) mass is 818 g/mol. The highest BCUT2D eigenvalue weighted by Gasteiger charge is 2.38. The number of nitro benzene ring substituents is 1. The van der Waals surface area contributed by atoms with Crippen LogP contribution in [0.25, 0.3) is 11.6 Å². The van der Waals surface area contributed by atoms with Gasteiger partial charge in [0.25, 0.3) is 17.5 Å². The zero-order chi connectivity index (χ0) is 42.9. The molecule has 1 heterocycles. The van der Waals surface area contributed by atoms with Crippen molar-refractivity contribution in [2.75, 3.05) is 44.5 Å². The quantitative estimate of drug-likeness (QED) is 0.0206. The predicted octanol–water partition coefficient (Wildman–Crippen LogP) is 6.40. The first-order valence-corrected chi connectivity index (χ1v) is 19.2. The number of anilines is 1. The largest absolute Gasteiger partial charge is 0.491 e. The summed E-state index contributed by atoms with van der Waals surface area (Å²) in [5.41, 5.74) is 4.85. The van der Waals surface area contributed by atoms with Crippen molar-refractivity contribution in [3.8, 4) is 11.5 Å². The van der Waals surface area contributed by atoms with Gasteiger partial charge in [0.2, 0.25) is 18.7 Å². The molecule has 0 fully saturated rings. The molecular weight excluding hydrogens is 773 g/mol. The van der Waals surface area contributed by atoms with Crippen LogP contribution in [0, 0.1) is 10.1 Å². The highest BCUT2D eigenvalue weighted by atomic mass is 16.6. The molecule has 0 aromatic heterocycles. The summed E-state index contributed by atoms with van der Waals surface area (Å²) < 4.78 is 22.7. The zero-order valence-corrected chi connectivity index (χ0v) is 33.3. The van der Waals surface area contributed by atoms with Crippen molar-refractivity contribution in [3.05, 3.63) is 141 Å². The first-order chi connectivity index (χ1) is 29.1. The number of fused-ring (bicyclic) bond motifs is 1. The van der Waals surface area contributed by atoms with Crippen molar-refractivity contribution in [1.82, 2.24) is 10.2 Å². The Morgan fingerprint density at radius 3 is 2.13 bits per heavy atom. The van der Waals surface area contributed by atoms with E-state index in [1.807, 2.05) is 79.0 Å². The topological polar surface area (TPSA) is 184 Å². The van der Waals surface area contributed by atoms with Crippen LogP contribution in [0.4, 0.5) is 11.4 Å². The number of nitrogens with zero attached hydrogens (tertiary/aromatic N) is 3. The fourth-order valence-electron chi connectivity index (χ4n) is 6.32. The number of hydrogen-bond donors (Lipinski definition) is 1. The Morgan fingerprint density at radius 2 is 1.47 bits per heavy atom. The number of para-hydroxylation sites is 1. The Bertz CT molecular complexity index is 2200. The number of carbonyl (C=O) groups is 5. The number of ether oxygens (including phenoxy) is 4. The molecular formula is C45H46N4O11. The van der Waals surface area contributed by atoms with Crippen LogP contribution in [0.15, 0.2) is 103 Å². The Morgan fingerprint density at radius 1 is 0.833 bits per heavy atom. The van der Waals surface area contributed by atoms with Crippen LogP contribution in [-0.2, 0) is 30.4 Å². The van der Waals surface area contributed by atoms with Crippen LogP contribution in [0.5, 0.6) is 11.5 Å². The molecule has 1 atom stereocenters. The first-order valence-electron chi connectivity index (χ1n) is 19.2. The molecule has 1 aliphatic heterocycles. The van der Waals surface area contributed by atoms with Gasteiger partial charge in [0, 0.05) is 30.2 Å². The van der Waals surface area contributed by atoms with Crippen molar-refractivity contribution in [2.24, 2.45) is 0 Å². The molecule has 0 spiro atoms. The van der Waals surface area contributed by atoms with E-state index < -0.39 is 28.7 Å². The number of imide groups is 2. The van der Waals surface area contributed by atoms with E-state index in [1.165, 1.54) is 18.2 Å². The van der Waals surface area contributed by atoms with Crippen LogP contribution < -0.4 is 19.7 Å². The molecule has 60 heavy (non-hydrogen) atoms. The van der Waals surface area contributed by atoms with Gasteiger partial charge in [0.05, 0.1) is 54.7 Å². The summed E-state index contributed by atoms with van der Waals surface area (Å²) in [5, 5.41) is 13.0. The number of benzene rings is 4. The summed E-state index contributed by atoms with van der Waals surface area (Å²) in [4.78, 5) is 73.4. The number of carbonyl (C=O) groups excluding carboxylic acids is 5. The summed E-state index contributed by atoms with van der Waals surface area (Å²) >= 11 is 0. The Balaban J connectivity index is 0.975. The van der Waals surface area contributed by atoms with E-state index in [2.05, 4.69) is 0 Å². The standard InChI is InChI=1S/C45H46N4O11/c1-32(6-5-7-34-11-15-36(16-12-34)49(55)56)39-8-3-4-9-42(39)47(31-51)29-35-13-17-37(18-14-35)59-26-24-57-22-23-58-25-27-60-38-19-20-40-41(28-38)45(54)48(44(40)53)33(2)10-21-43(52)46-30-50/h3-9,11-20,28,30-31,33H,10,21-27,29H2,1-2H3,(H,46,50,52)/b7-5+,32-6-. The van der Waals surface area contributed by atoms with E-state index in [-0.39, 0.29) is 42.9 Å². The molecule has 15 nitrogen and oxygen atoms in total. The molecule has 0 saturated heterocycles. The Hall–Kier alpha value is -6.97. The average molecular weight is 819 g/mol. The van der Waals surface area contributed by atoms with Crippen LogP contribution in [-0.4, -0.2) is 86.0 Å². The fraction of sp³-hybridized carbons (Fsp3) is 0.267. The van der Waals surface area contributed by atoms with E-state index in [9.17, 15) is 34.1 Å². The minimum Gasteiger partial charge on any atom is -0.491 e. The Labute approximate surface area is 347 Å². The molecule has 0 bridgehead atoms. The molecule has 5 amide bonds. The lowest BCUT2D eigenvalue weighted by molar-refractivity contribution is -0.384. The third-order valence-corrected chi connectivity index (χ3v) is 9.48. The molecule has 312 valence electrons. The molecule has 0 radical (unpaired) electrons. The predicted molar refractivity (Wildman–Crippen MR) is 223 cm³/mol. The molecule has 1 aliphatic rings. The van der Waals surface area contributed by atoms with Crippen molar-refractivity contribution >= 4 is 53.6 Å². The number of rotatable bonds is 24. The van der Waals surface area contributed by atoms with E-state index in [4.69, 9.17) is 18.9 Å². The second kappa shape index (κ2) is 22.3. The lowest BCUT2D eigenvalue weighted by atomic mass is 10.0. The van der Waals surface area contributed by atoms with Crippen molar-refractivity contribution in [2.45, 2.75) is 39.3 Å². The zero-order valence-electron chi connectivity index (χ0n) is 33.3. The second-order valence-corrected chi connectivity index (χ2v) is 13.6. The maximum absolute atomic E-state index is 13.0.